The minimum Gasteiger partial charge on any atom is -0.503 e. The van der Waals surface area contributed by atoms with Crippen molar-refractivity contribution in [1.82, 2.24) is 10.3 Å². The Kier molecular flexibility index (Phi) is 9.08. The average molecular weight is 517 g/mol. The molecule has 3 aromatic rings. The van der Waals surface area contributed by atoms with Crippen LogP contribution in [0.3, 0.4) is 0 Å². The van der Waals surface area contributed by atoms with E-state index in [0.717, 1.165) is 6.07 Å². The van der Waals surface area contributed by atoms with E-state index in [0.29, 0.717) is 5.56 Å². The Morgan fingerprint density at radius 2 is 1.89 bits per heavy atom. The molecule has 190 valence electrons. The summed E-state index contributed by atoms with van der Waals surface area (Å²) in [5, 5.41) is 12.9. The molecular formula is C26H26ClFN2O6. The van der Waals surface area contributed by atoms with Crippen LogP contribution >= 0.6 is 11.6 Å². The van der Waals surface area contributed by atoms with Gasteiger partial charge in [0.25, 0.3) is 5.91 Å². The van der Waals surface area contributed by atoms with E-state index in [-0.39, 0.29) is 28.6 Å². The number of benzene rings is 2. The number of ether oxygens (including phenoxy) is 3. The lowest BCUT2D eigenvalue weighted by atomic mass is 10.0. The Morgan fingerprint density at radius 3 is 2.53 bits per heavy atom. The van der Waals surface area contributed by atoms with Gasteiger partial charge in [-0.25, -0.2) is 14.2 Å². The summed E-state index contributed by atoms with van der Waals surface area (Å²) in [5.74, 6) is -2.27. The minimum absolute atomic E-state index is 0.0692. The van der Waals surface area contributed by atoms with Gasteiger partial charge in [-0.05, 0) is 31.0 Å². The summed E-state index contributed by atoms with van der Waals surface area (Å²) >= 11 is 5.96. The van der Waals surface area contributed by atoms with Crippen molar-refractivity contribution in [2.45, 2.75) is 38.5 Å². The smallest absolute Gasteiger partial charge is 0.329 e. The molecule has 0 fully saturated rings. The predicted octanol–water partition coefficient (Wildman–Crippen LogP) is 4.85. The summed E-state index contributed by atoms with van der Waals surface area (Å²) in [4.78, 5) is 29.5. The van der Waals surface area contributed by atoms with Crippen molar-refractivity contribution in [3.63, 3.8) is 0 Å². The molecule has 0 radical (unpaired) electrons. The third kappa shape index (κ3) is 6.63. The molecule has 0 aliphatic heterocycles. The Labute approximate surface area is 213 Å². The molecule has 0 saturated heterocycles. The van der Waals surface area contributed by atoms with Gasteiger partial charge in [-0.15, -0.1) is 0 Å². The molecule has 0 aliphatic carbocycles. The van der Waals surface area contributed by atoms with Crippen molar-refractivity contribution >= 4 is 23.5 Å². The van der Waals surface area contributed by atoms with Gasteiger partial charge in [-0.2, -0.15) is 0 Å². The number of hydrogen-bond donors (Lipinski definition) is 2. The number of carbonyl (C=O) groups excluding carboxylic acids is 2. The second-order valence-electron chi connectivity index (χ2n) is 7.84. The SMILES string of the molecule is CC[C@H](NC(=O)c1nccc(OC)c1O)C(=O)O[C@@H](C)[C@H](Oc1cc(F)cc(Cl)c1)c1ccccc1. The monoisotopic (exact) mass is 516 g/mol. The van der Waals surface area contributed by atoms with Gasteiger partial charge in [0, 0.05) is 23.4 Å². The second kappa shape index (κ2) is 12.2. The van der Waals surface area contributed by atoms with Gasteiger partial charge in [0.1, 0.15) is 23.7 Å². The zero-order chi connectivity index (χ0) is 26.2. The van der Waals surface area contributed by atoms with Crippen molar-refractivity contribution in [3.05, 3.63) is 82.9 Å². The van der Waals surface area contributed by atoms with Gasteiger partial charge in [0.05, 0.1) is 7.11 Å². The first-order valence-corrected chi connectivity index (χ1v) is 11.5. The number of aromatic hydroxyl groups is 1. The highest BCUT2D eigenvalue weighted by Crippen LogP contribution is 2.30. The number of methoxy groups -OCH3 is 1. The molecule has 1 amide bonds. The molecule has 1 heterocycles. The molecule has 10 heteroatoms. The van der Waals surface area contributed by atoms with Crippen LogP contribution in [0.15, 0.2) is 60.8 Å². The Morgan fingerprint density at radius 1 is 1.17 bits per heavy atom. The first-order chi connectivity index (χ1) is 17.2. The molecule has 8 nitrogen and oxygen atoms in total. The Bertz CT molecular complexity index is 1190. The fraction of sp³-hybridized carbons (Fsp3) is 0.269. The average Bonchev–Trinajstić information content (AvgIpc) is 2.85. The highest BCUT2D eigenvalue weighted by atomic mass is 35.5. The molecule has 0 unspecified atom stereocenters. The Balaban J connectivity index is 1.77. The number of rotatable bonds is 10. The summed E-state index contributed by atoms with van der Waals surface area (Å²) in [7, 11) is 1.34. The summed E-state index contributed by atoms with van der Waals surface area (Å²) < 4.78 is 30.5. The van der Waals surface area contributed by atoms with Crippen LogP contribution in [0.2, 0.25) is 5.02 Å². The number of amides is 1. The van der Waals surface area contributed by atoms with E-state index >= 15 is 0 Å². The van der Waals surface area contributed by atoms with Gasteiger partial charge in [-0.1, -0.05) is 48.9 Å². The van der Waals surface area contributed by atoms with Crippen LogP contribution in [0.5, 0.6) is 17.2 Å². The number of aromatic nitrogens is 1. The van der Waals surface area contributed by atoms with Gasteiger partial charge < -0.3 is 24.6 Å². The number of nitrogens with zero attached hydrogens (tertiary/aromatic N) is 1. The van der Waals surface area contributed by atoms with Crippen molar-refractivity contribution in [2.24, 2.45) is 0 Å². The topological polar surface area (TPSA) is 107 Å². The van der Waals surface area contributed by atoms with E-state index in [1.165, 1.54) is 31.5 Å². The third-order valence-corrected chi connectivity index (χ3v) is 5.49. The van der Waals surface area contributed by atoms with E-state index in [1.54, 1.807) is 38.1 Å². The summed E-state index contributed by atoms with van der Waals surface area (Å²) in [5.41, 5.74) is 0.392. The lowest BCUT2D eigenvalue weighted by Gasteiger charge is -2.27. The molecule has 0 spiro atoms. The highest BCUT2D eigenvalue weighted by Gasteiger charge is 2.30. The third-order valence-electron chi connectivity index (χ3n) is 5.28. The first-order valence-electron chi connectivity index (χ1n) is 11.1. The van der Waals surface area contributed by atoms with Crippen LogP contribution in [0, 0.1) is 5.82 Å². The zero-order valence-electron chi connectivity index (χ0n) is 19.9. The number of halogens is 2. The summed E-state index contributed by atoms with van der Waals surface area (Å²) in [6.45, 7) is 3.32. The van der Waals surface area contributed by atoms with Crippen LogP contribution in [-0.2, 0) is 9.53 Å². The standard InChI is InChI=1S/C26H26ClFN2O6/c1-4-20(30-25(32)22-23(31)21(34-3)10-11-29-22)26(33)35-15(2)24(16-8-6-5-7-9-16)36-19-13-17(27)12-18(28)14-19/h5-15,20,24,31H,4H2,1-3H3,(H,30,32)/t15-,20-,24-/m0/s1. The minimum atomic E-state index is -1.03. The van der Waals surface area contributed by atoms with Crippen molar-refractivity contribution in [1.29, 1.82) is 0 Å². The molecule has 3 rings (SSSR count). The fourth-order valence-corrected chi connectivity index (χ4v) is 3.68. The molecule has 2 N–H and O–H groups in total. The van der Waals surface area contributed by atoms with E-state index in [1.807, 2.05) is 6.07 Å². The van der Waals surface area contributed by atoms with Gasteiger partial charge >= 0.3 is 5.97 Å². The normalized spacial score (nSPS) is 13.2. The van der Waals surface area contributed by atoms with Gasteiger partial charge in [0.15, 0.2) is 23.3 Å². The molecule has 0 saturated carbocycles. The molecule has 0 aliphatic rings. The van der Waals surface area contributed by atoms with Gasteiger partial charge in [0.2, 0.25) is 0 Å². The van der Waals surface area contributed by atoms with E-state index in [4.69, 9.17) is 25.8 Å². The van der Waals surface area contributed by atoms with Crippen LogP contribution < -0.4 is 14.8 Å². The molecule has 36 heavy (non-hydrogen) atoms. The summed E-state index contributed by atoms with van der Waals surface area (Å²) in [6.07, 6.45) is -0.130. The van der Waals surface area contributed by atoms with Crippen LogP contribution in [0.25, 0.3) is 0 Å². The number of carbonyl (C=O) groups is 2. The first kappa shape index (κ1) is 26.7. The number of esters is 1. The maximum atomic E-state index is 13.9. The maximum absolute atomic E-state index is 13.9. The molecule has 1 aromatic heterocycles. The predicted molar refractivity (Wildman–Crippen MR) is 131 cm³/mol. The highest BCUT2D eigenvalue weighted by molar-refractivity contribution is 6.30. The molecule has 0 bridgehead atoms. The lowest BCUT2D eigenvalue weighted by Crippen LogP contribution is -2.43. The van der Waals surface area contributed by atoms with Crippen LogP contribution in [-0.4, -0.2) is 41.2 Å². The molecule has 2 aromatic carbocycles. The Hall–Kier alpha value is -3.85. The maximum Gasteiger partial charge on any atom is 0.329 e. The van der Waals surface area contributed by atoms with E-state index < -0.39 is 41.7 Å². The van der Waals surface area contributed by atoms with Gasteiger partial charge in [-0.3, -0.25) is 4.79 Å². The van der Waals surface area contributed by atoms with Crippen LogP contribution in [0.4, 0.5) is 4.39 Å². The number of pyridine rings is 1. The lowest BCUT2D eigenvalue weighted by molar-refractivity contribution is -0.155. The second-order valence-corrected chi connectivity index (χ2v) is 8.28. The van der Waals surface area contributed by atoms with Crippen molar-refractivity contribution in [2.75, 3.05) is 7.11 Å². The number of nitrogens with one attached hydrogen (secondary N) is 1. The molecule has 3 atom stereocenters. The van der Waals surface area contributed by atoms with Crippen molar-refractivity contribution in [3.8, 4) is 17.2 Å². The van der Waals surface area contributed by atoms with Crippen molar-refractivity contribution < 1.29 is 33.3 Å². The van der Waals surface area contributed by atoms with Crippen LogP contribution in [0.1, 0.15) is 42.4 Å². The van der Waals surface area contributed by atoms with E-state index in [2.05, 4.69) is 10.3 Å². The number of hydrogen-bond acceptors (Lipinski definition) is 7. The molecular weight excluding hydrogens is 491 g/mol. The quantitative estimate of drug-likeness (QED) is 0.371. The fourth-order valence-electron chi connectivity index (χ4n) is 3.47. The summed E-state index contributed by atoms with van der Waals surface area (Å²) in [6, 6.07) is 13.1. The van der Waals surface area contributed by atoms with E-state index in [9.17, 15) is 19.1 Å². The largest absolute Gasteiger partial charge is 0.503 e. The zero-order valence-corrected chi connectivity index (χ0v) is 20.7.